The number of nitrogens with zero attached hydrogens (tertiary/aromatic N) is 2. The molecule has 1 N–H and O–H groups in total. The molecule has 1 aromatic carbocycles. The summed E-state index contributed by atoms with van der Waals surface area (Å²) in [5.74, 6) is 0.326. The maximum atomic E-state index is 12.3. The zero-order valence-electron chi connectivity index (χ0n) is 11.7. The Morgan fingerprint density at radius 2 is 1.85 bits per heavy atom. The summed E-state index contributed by atoms with van der Waals surface area (Å²) in [6.07, 6.45) is 5.87. The zero-order valence-corrected chi connectivity index (χ0v) is 11.7. The van der Waals surface area contributed by atoms with Crippen LogP contribution >= 0.6 is 0 Å². The van der Waals surface area contributed by atoms with Crippen molar-refractivity contribution in [1.29, 1.82) is 0 Å². The summed E-state index contributed by atoms with van der Waals surface area (Å²) in [5, 5.41) is 4.15. The van der Waals surface area contributed by atoms with E-state index >= 15 is 0 Å². The van der Waals surface area contributed by atoms with Gasteiger partial charge in [0.25, 0.3) is 0 Å². The third kappa shape index (κ3) is 2.64. The molecule has 0 saturated heterocycles. The Morgan fingerprint density at radius 3 is 2.55 bits per heavy atom. The van der Waals surface area contributed by atoms with Gasteiger partial charge in [-0.1, -0.05) is 49.1 Å². The van der Waals surface area contributed by atoms with E-state index in [0.717, 1.165) is 18.4 Å². The molecule has 0 unspecified atom stereocenters. The van der Waals surface area contributed by atoms with Gasteiger partial charge in [0.05, 0.1) is 6.04 Å². The number of benzene rings is 1. The fraction of sp³-hybridized carbons (Fsp3) is 0.438. The van der Waals surface area contributed by atoms with Gasteiger partial charge in [-0.3, -0.25) is 15.2 Å². The number of Topliss-reactive ketones (excluding diaryl/α,β-unsaturated/α-hetero) is 1. The molecule has 1 aliphatic heterocycles. The first kappa shape index (κ1) is 13.0. The Morgan fingerprint density at radius 1 is 1.15 bits per heavy atom. The van der Waals surface area contributed by atoms with Crippen LogP contribution in [0.2, 0.25) is 0 Å². The molecular weight excluding hydrogens is 250 g/mol. The molecule has 0 spiro atoms. The number of rotatable bonds is 2. The van der Waals surface area contributed by atoms with Crippen LogP contribution in [0.25, 0.3) is 0 Å². The Labute approximate surface area is 119 Å². The highest BCUT2D eigenvalue weighted by molar-refractivity contribution is 6.71. The summed E-state index contributed by atoms with van der Waals surface area (Å²) in [5.41, 5.74) is 5.30. The van der Waals surface area contributed by atoms with Gasteiger partial charge in [0, 0.05) is 5.56 Å². The Hall–Kier alpha value is -1.97. The molecule has 1 aromatic rings. The third-order valence-corrected chi connectivity index (χ3v) is 3.92. The second-order valence-electron chi connectivity index (χ2n) is 5.54. The van der Waals surface area contributed by atoms with Crippen molar-refractivity contribution in [2.45, 2.75) is 45.1 Å². The molecule has 0 bridgehead atoms. The topological polar surface area (TPSA) is 53.8 Å². The highest BCUT2D eigenvalue weighted by Crippen LogP contribution is 2.21. The van der Waals surface area contributed by atoms with Gasteiger partial charge in [-0.25, -0.2) is 0 Å². The highest BCUT2D eigenvalue weighted by atomic mass is 16.1. The average Bonchev–Trinajstić information content (AvgIpc) is 2.83. The van der Waals surface area contributed by atoms with Crippen molar-refractivity contribution in [2.24, 2.45) is 10.1 Å². The minimum atomic E-state index is -0.0839. The van der Waals surface area contributed by atoms with E-state index in [1.54, 1.807) is 0 Å². The van der Waals surface area contributed by atoms with Gasteiger partial charge >= 0.3 is 0 Å². The smallest absolute Gasteiger partial charge is 0.250 e. The Kier molecular flexibility index (Phi) is 3.63. The predicted octanol–water partition coefficient (Wildman–Crippen LogP) is 2.60. The molecule has 0 radical (unpaired) electrons. The van der Waals surface area contributed by atoms with Crippen LogP contribution in [0, 0.1) is 6.92 Å². The van der Waals surface area contributed by atoms with Gasteiger partial charge in [0.15, 0.2) is 5.84 Å². The number of carbonyl (C=O) groups is 1. The van der Waals surface area contributed by atoms with E-state index in [2.05, 4.69) is 15.5 Å². The number of ketones is 1. The predicted molar refractivity (Wildman–Crippen MR) is 80.2 cm³/mol. The lowest BCUT2D eigenvalue weighted by Crippen LogP contribution is -2.26. The van der Waals surface area contributed by atoms with E-state index in [4.69, 9.17) is 0 Å². The molecule has 0 aromatic heterocycles. The average molecular weight is 269 g/mol. The summed E-state index contributed by atoms with van der Waals surface area (Å²) < 4.78 is 0. The van der Waals surface area contributed by atoms with E-state index in [0.29, 0.717) is 11.5 Å². The lowest BCUT2D eigenvalue weighted by molar-refractivity contribution is -0.107. The van der Waals surface area contributed by atoms with E-state index in [1.165, 1.54) is 24.8 Å². The van der Waals surface area contributed by atoms with Crippen LogP contribution in [0.3, 0.4) is 0 Å². The SMILES string of the molecule is Cc1ccc(C2=NNC(=NC3CCCCC3)C2=O)cc1. The first-order valence-electron chi connectivity index (χ1n) is 7.27. The lowest BCUT2D eigenvalue weighted by atomic mass is 9.96. The fourth-order valence-corrected chi connectivity index (χ4v) is 2.71. The summed E-state index contributed by atoms with van der Waals surface area (Å²) in [6, 6.07) is 8.11. The second kappa shape index (κ2) is 5.57. The molecule has 2 aliphatic rings. The van der Waals surface area contributed by atoms with Crippen molar-refractivity contribution in [3.05, 3.63) is 35.4 Å². The van der Waals surface area contributed by atoms with Crippen LogP contribution in [0.4, 0.5) is 0 Å². The Balaban J connectivity index is 1.75. The van der Waals surface area contributed by atoms with Gasteiger partial charge in [0.2, 0.25) is 5.78 Å². The fourth-order valence-electron chi connectivity index (χ4n) is 2.71. The first-order chi connectivity index (χ1) is 9.74. The lowest BCUT2D eigenvalue weighted by Gasteiger charge is -2.17. The second-order valence-corrected chi connectivity index (χ2v) is 5.54. The number of aryl methyl sites for hydroxylation is 1. The molecule has 0 atom stereocenters. The van der Waals surface area contributed by atoms with E-state index in [1.807, 2.05) is 31.2 Å². The monoisotopic (exact) mass is 269 g/mol. The number of hydrogen-bond acceptors (Lipinski definition) is 3. The largest absolute Gasteiger partial charge is 0.283 e. The van der Waals surface area contributed by atoms with Gasteiger partial charge in [-0.15, -0.1) is 0 Å². The van der Waals surface area contributed by atoms with Crippen molar-refractivity contribution < 1.29 is 4.79 Å². The van der Waals surface area contributed by atoms with Crippen LogP contribution in [-0.2, 0) is 4.79 Å². The summed E-state index contributed by atoms with van der Waals surface area (Å²) >= 11 is 0. The van der Waals surface area contributed by atoms with Crippen LogP contribution in [0.5, 0.6) is 0 Å². The van der Waals surface area contributed by atoms with E-state index in [-0.39, 0.29) is 11.8 Å². The van der Waals surface area contributed by atoms with Crippen LogP contribution in [-0.4, -0.2) is 23.4 Å². The standard InChI is InChI=1S/C16H19N3O/c1-11-7-9-12(10-8-11)14-15(20)16(19-18-14)17-13-5-3-2-4-6-13/h7-10,13H,2-6H2,1H3,(H,17,19,20). The number of hydrazone groups is 1. The molecule has 1 fully saturated rings. The first-order valence-corrected chi connectivity index (χ1v) is 7.27. The van der Waals surface area contributed by atoms with E-state index in [9.17, 15) is 4.79 Å². The third-order valence-electron chi connectivity index (χ3n) is 3.92. The van der Waals surface area contributed by atoms with Crippen LogP contribution < -0.4 is 5.43 Å². The molecule has 1 heterocycles. The number of hydrogen-bond donors (Lipinski definition) is 1. The van der Waals surface area contributed by atoms with Crippen molar-refractivity contribution in [1.82, 2.24) is 5.43 Å². The van der Waals surface area contributed by atoms with Crippen LogP contribution in [0.15, 0.2) is 34.4 Å². The molecule has 1 aliphatic carbocycles. The maximum absolute atomic E-state index is 12.3. The van der Waals surface area contributed by atoms with Crippen molar-refractivity contribution in [2.75, 3.05) is 0 Å². The minimum absolute atomic E-state index is 0.0839. The summed E-state index contributed by atoms with van der Waals surface area (Å²) in [7, 11) is 0. The van der Waals surface area contributed by atoms with Gasteiger partial charge in [0.1, 0.15) is 5.71 Å². The van der Waals surface area contributed by atoms with Crippen molar-refractivity contribution in [3.8, 4) is 0 Å². The Bertz CT molecular complexity index is 566. The van der Waals surface area contributed by atoms with Crippen LogP contribution in [0.1, 0.15) is 43.2 Å². The number of carbonyl (C=O) groups excluding carboxylic acids is 1. The zero-order chi connectivity index (χ0) is 13.9. The van der Waals surface area contributed by atoms with E-state index < -0.39 is 0 Å². The van der Waals surface area contributed by atoms with Gasteiger partial charge in [-0.05, 0) is 19.8 Å². The number of amidine groups is 1. The molecule has 20 heavy (non-hydrogen) atoms. The minimum Gasteiger partial charge on any atom is -0.283 e. The maximum Gasteiger partial charge on any atom is 0.250 e. The molecule has 4 heteroatoms. The molecule has 3 rings (SSSR count). The molecular formula is C16H19N3O. The summed E-state index contributed by atoms with van der Waals surface area (Å²) in [6.45, 7) is 2.02. The van der Waals surface area contributed by atoms with Crippen molar-refractivity contribution >= 4 is 17.3 Å². The normalized spacial score (nSPS) is 21.9. The highest BCUT2D eigenvalue weighted by Gasteiger charge is 2.27. The summed E-state index contributed by atoms with van der Waals surface area (Å²) in [4.78, 5) is 16.9. The molecule has 4 nitrogen and oxygen atoms in total. The molecule has 104 valence electrons. The number of aliphatic imine (C=N–C) groups is 1. The van der Waals surface area contributed by atoms with Crippen molar-refractivity contribution in [3.63, 3.8) is 0 Å². The van der Waals surface area contributed by atoms with Gasteiger partial charge in [-0.2, -0.15) is 5.10 Å². The molecule has 1 saturated carbocycles. The molecule has 0 amide bonds. The quantitative estimate of drug-likeness (QED) is 0.897. The number of nitrogens with one attached hydrogen (secondary N) is 1. The van der Waals surface area contributed by atoms with Gasteiger partial charge < -0.3 is 0 Å².